The Bertz CT molecular complexity index is 600. The van der Waals surface area contributed by atoms with Gasteiger partial charge in [-0.1, -0.05) is 6.42 Å². The molecule has 1 aliphatic rings. The van der Waals surface area contributed by atoms with Gasteiger partial charge in [-0.15, -0.1) is 0 Å². The third kappa shape index (κ3) is 5.61. The van der Waals surface area contributed by atoms with Gasteiger partial charge in [0.1, 0.15) is 5.82 Å². The summed E-state index contributed by atoms with van der Waals surface area (Å²) in [7, 11) is -3.37. The average Bonchev–Trinajstić information content (AvgIpc) is 2.39. The molecule has 1 saturated carbocycles. The predicted octanol–water partition coefficient (Wildman–Crippen LogP) is 1.67. The van der Waals surface area contributed by atoms with Crippen LogP contribution in [-0.4, -0.2) is 33.3 Å². The quantitative estimate of drug-likeness (QED) is 0.711. The normalized spacial score (nSPS) is 15.1. The number of hydrogen-bond donors (Lipinski definition) is 3. The zero-order chi connectivity index (χ0) is 16.0. The van der Waals surface area contributed by atoms with E-state index in [2.05, 4.69) is 15.4 Å². The lowest BCUT2D eigenvalue weighted by Gasteiger charge is -2.25. The van der Waals surface area contributed by atoms with Crippen molar-refractivity contribution in [2.75, 3.05) is 24.2 Å². The van der Waals surface area contributed by atoms with E-state index in [9.17, 15) is 17.6 Å². The first-order valence-electron chi connectivity index (χ1n) is 7.22. The largest absolute Gasteiger partial charge is 0.337 e. The number of carbonyl (C=O) groups is 1. The van der Waals surface area contributed by atoms with E-state index < -0.39 is 21.9 Å². The van der Waals surface area contributed by atoms with Gasteiger partial charge in [-0.05, 0) is 43.0 Å². The maximum absolute atomic E-state index is 12.7. The summed E-state index contributed by atoms with van der Waals surface area (Å²) in [4.78, 5) is 11.6. The van der Waals surface area contributed by atoms with Crippen LogP contribution in [0.3, 0.4) is 0 Å². The van der Waals surface area contributed by atoms with Crippen molar-refractivity contribution in [2.24, 2.45) is 5.92 Å². The topological polar surface area (TPSA) is 87.3 Å². The number of sulfonamides is 1. The van der Waals surface area contributed by atoms with Crippen LogP contribution in [-0.2, 0) is 10.0 Å². The van der Waals surface area contributed by atoms with Crippen molar-refractivity contribution in [3.63, 3.8) is 0 Å². The van der Waals surface area contributed by atoms with Crippen LogP contribution in [0.4, 0.5) is 14.9 Å². The second-order valence-corrected chi connectivity index (χ2v) is 7.28. The predicted molar refractivity (Wildman–Crippen MR) is 82.6 cm³/mol. The minimum Gasteiger partial charge on any atom is -0.337 e. The van der Waals surface area contributed by atoms with E-state index in [1.165, 1.54) is 24.3 Å². The number of halogens is 1. The Morgan fingerprint density at radius 1 is 1.23 bits per heavy atom. The van der Waals surface area contributed by atoms with Crippen LogP contribution in [0.25, 0.3) is 0 Å². The van der Waals surface area contributed by atoms with Crippen molar-refractivity contribution >= 4 is 21.7 Å². The van der Waals surface area contributed by atoms with Gasteiger partial charge in [0.2, 0.25) is 10.0 Å². The molecule has 6 nitrogen and oxygen atoms in total. The molecule has 3 N–H and O–H groups in total. The number of rotatable bonds is 7. The minimum atomic E-state index is -3.37. The standard InChI is InChI=1S/C14H20FN3O3S/c15-12-4-6-13(7-5-12)18-14(19)16-8-9-22(20,21)17-10-11-2-1-3-11/h4-7,11,17H,1-3,8-10H2,(H2,16,18,19). The molecule has 0 saturated heterocycles. The average molecular weight is 329 g/mol. The fourth-order valence-electron chi connectivity index (χ4n) is 2.02. The molecule has 1 aliphatic carbocycles. The molecule has 0 heterocycles. The van der Waals surface area contributed by atoms with Gasteiger partial charge in [-0.25, -0.2) is 22.3 Å². The zero-order valence-corrected chi connectivity index (χ0v) is 13.0. The minimum absolute atomic E-state index is 0.00697. The van der Waals surface area contributed by atoms with Gasteiger partial charge in [-0.3, -0.25) is 0 Å². The molecule has 1 aromatic rings. The van der Waals surface area contributed by atoms with Gasteiger partial charge < -0.3 is 10.6 Å². The summed E-state index contributed by atoms with van der Waals surface area (Å²) < 4.78 is 38.7. The molecule has 0 aromatic heterocycles. The summed E-state index contributed by atoms with van der Waals surface area (Å²) in [5, 5.41) is 4.95. The lowest BCUT2D eigenvalue weighted by molar-refractivity contribution is 0.252. The van der Waals surface area contributed by atoms with E-state index in [4.69, 9.17) is 0 Å². The highest BCUT2D eigenvalue weighted by Gasteiger charge is 2.20. The zero-order valence-electron chi connectivity index (χ0n) is 12.1. The molecule has 1 fully saturated rings. The third-order valence-corrected chi connectivity index (χ3v) is 4.92. The second-order valence-electron chi connectivity index (χ2n) is 5.35. The van der Waals surface area contributed by atoms with E-state index in [-0.39, 0.29) is 12.3 Å². The summed E-state index contributed by atoms with van der Waals surface area (Å²) in [5.74, 6) is -0.115. The monoisotopic (exact) mass is 329 g/mol. The Kier molecular flexibility index (Phi) is 5.73. The molecule has 122 valence electrons. The van der Waals surface area contributed by atoms with Crippen molar-refractivity contribution in [1.82, 2.24) is 10.0 Å². The fraction of sp³-hybridized carbons (Fsp3) is 0.500. The maximum atomic E-state index is 12.7. The van der Waals surface area contributed by atoms with Crippen LogP contribution >= 0.6 is 0 Å². The van der Waals surface area contributed by atoms with Gasteiger partial charge >= 0.3 is 6.03 Å². The van der Waals surface area contributed by atoms with Crippen LogP contribution in [0.5, 0.6) is 0 Å². The van der Waals surface area contributed by atoms with Gasteiger partial charge in [0, 0.05) is 18.8 Å². The lowest BCUT2D eigenvalue weighted by Crippen LogP contribution is -2.38. The van der Waals surface area contributed by atoms with Gasteiger partial charge in [0.25, 0.3) is 0 Å². The summed E-state index contributed by atoms with van der Waals surface area (Å²) in [6.07, 6.45) is 3.30. The Morgan fingerprint density at radius 2 is 1.91 bits per heavy atom. The summed E-state index contributed by atoms with van der Waals surface area (Å²) in [5.41, 5.74) is 0.435. The highest BCUT2D eigenvalue weighted by atomic mass is 32.2. The number of nitrogens with one attached hydrogen (secondary N) is 3. The van der Waals surface area contributed by atoms with E-state index in [0.29, 0.717) is 18.2 Å². The number of carbonyl (C=O) groups excluding carboxylic acids is 1. The Balaban J connectivity index is 1.66. The number of anilines is 1. The summed E-state index contributed by atoms with van der Waals surface area (Å²) >= 11 is 0. The summed E-state index contributed by atoms with van der Waals surface area (Å²) in [6.45, 7) is 0.483. The fourth-order valence-corrected chi connectivity index (χ4v) is 3.03. The SMILES string of the molecule is O=C(NCCS(=O)(=O)NCC1CCC1)Nc1ccc(F)cc1. The van der Waals surface area contributed by atoms with Crippen LogP contribution < -0.4 is 15.4 Å². The Labute approximate surface area is 129 Å². The first-order chi connectivity index (χ1) is 10.4. The molecule has 2 rings (SSSR count). The molecule has 2 amide bonds. The molecule has 22 heavy (non-hydrogen) atoms. The van der Waals surface area contributed by atoms with Gasteiger partial charge in [0.15, 0.2) is 0 Å². The molecule has 0 spiro atoms. The number of urea groups is 1. The van der Waals surface area contributed by atoms with E-state index in [1.54, 1.807) is 0 Å². The van der Waals surface area contributed by atoms with Crippen LogP contribution in [0.1, 0.15) is 19.3 Å². The smallest absolute Gasteiger partial charge is 0.319 e. The number of benzene rings is 1. The van der Waals surface area contributed by atoms with Crippen molar-refractivity contribution in [3.05, 3.63) is 30.1 Å². The first kappa shape index (κ1) is 16.7. The molecule has 8 heteroatoms. The van der Waals surface area contributed by atoms with Crippen molar-refractivity contribution < 1.29 is 17.6 Å². The highest BCUT2D eigenvalue weighted by Crippen LogP contribution is 2.25. The van der Waals surface area contributed by atoms with Gasteiger partial charge in [0.05, 0.1) is 5.75 Å². The molecule has 0 bridgehead atoms. The molecule has 0 atom stereocenters. The maximum Gasteiger partial charge on any atom is 0.319 e. The Morgan fingerprint density at radius 3 is 2.50 bits per heavy atom. The third-order valence-electron chi connectivity index (χ3n) is 3.58. The highest BCUT2D eigenvalue weighted by molar-refractivity contribution is 7.89. The Hall–Kier alpha value is -1.67. The molecular formula is C14H20FN3O3S. The first-order valence-corrected chi connectivity index (χ1v) is 8.87. The molecule has 0 aliphatic heterocycles. The van der Waals surface area contributed by atoms with Crippen molar-refractivity contribution in [3.8, 4) is 0 Å². The van der Waals surface area contributed by atoms with E-state index in [0.717, 1.165) is 19.3 Å². The molecule has 0 radical (unpaired) electrons. The van der Waals surface area contributed by atoms with Crippen LogP contribution in [0.15, 0.2) is 24.3 Å². The van der Waals surface area contributed by atoms with Crippen molar-refractivity contribution in [1.29, 1.82) is 0 Å². The molecule has 1 aromatic carbocycles. The van der Waals surface area contributed by atoms with Gasteiger partial charge in [-0.2, -0.15) is 0 Å². The van der Waals surface area contributed by atoms with E-state index >= 15 is 0 Å². The van der Waals surface area contributed by atoms with Crippen LogP contribution in [0.2, 0.25) is 0 Å². The lowest BCUT2D eigenvalue weighted by atomic mass is 9.86. The number of hydrogen-bond acceptors (Lipinski definition) is 3. The van der Waals surface area contributed by atoms with Crippen LogP contribution in [0, 0.1) is 11.7 Å². The number of amides is 2. The molecule has 0 unspecified atom stereocenters. The van der Waals surface area contributed by atoms with E-state index in [1.807, 2.05) is 0 Å². The molecular weight excluding hydrogens is 309 g/mol. The summed E-state index contributed by atoms with van der Waals surface area (Å²) in [6, 6.07) is 4.77. The second kappa shape index (κ2) is 7.55. The van der Waals surface area contributed by atoms with Crippen molar-refractivity contribution in [2.45, 2.75) is 19.3 Å².